The Morgan fingerprint density at radius 3 is 2.72 bits per heavy atom. The van der Waals surface area contributed by atoms with Crippen molar-refractivity contribution < 1.29 is 9.53 Å². The number of anilines is 1. The number of hydrogen-bond acceptors (Lipinski definition) is 3. The molecule has 0 saturated carbocycles. The van der Waals surface area contributed by atoms with Crippen LogP contribution in [0, 0.1) is 0 Å². The predicted octanol–water partition coefficient (Wildman–Crippen LogP) is 2.42. The van der Waals surface area contributed by atoms with E-state index in [-0.39, 0.29) is 12.0 Å². The number of amides is 1. The molecule has 0 aliphatic heterocycles. The molecule has 0 aliphatic carbocycles. The molecule has 0 bridgehead atoms. The Hall–Kier alpha value is -1.26. The molecule has 0 heterocycles. The average Bonchev–Trinajstić information content (AvgIpc) is 2.27. The van der Waals surface area contributed by atoms with E-state index in [4.69, 9.17) is 22.1 Å². The lowest BCUT2D eigenvalue weighted by Gasteiger charge is -2.19. The molecule has 0 aliphatic rings. The van der Waals surface area contributed by atoms with Gasteiger partial charge in [-0.05, 0) is 26.0 Å². The van der Waals surface area contributed by atoms with E-state index in [0.29, 0.717) is 29.4 Å². The number of hydrogen-bond donors (Lipinski definition) is 1. The number of nitrogen functional groups attached to an aromatic ring is 1. The van der Waals surface area contributed by atoms with E-state index >= 15 is 0 Å². The summed E-state index contributed by atoms with van der Waals surface area (Å²) >= 11 is 5.99. The standard InChI is InChI=1S/C13H19ClN2O2/c1-9(2)18-8-7-16(3)13(17)12-10(14)5-4-6-11(12)15/h4-6,9H,7-8,15H2,1-3H3. The normalized spacial score (nSPS) is 10.7. The third-order valence-corrected chi connectivity index (χ3v) is 2.80. The van der Waals surface area contributed by atoms with Gasteiger partial charge in [0.25, 0.3) is 5.91 Å². The fraction of sp³-hybridized carbons (Fsp3) is 0.462. The fourth-order valence-corrected chi connectivity index (χ4v) is 1.75. The van der Waals surface area contributed by atoms with Crippen LogP contribution in [0.4, 0.5) is 5.69 Å². The van der Waals surface area contributed by atoms with Gasteiger partial charge < -0.3 is 15.4 Å². The first kappa shape index (κ1) is 14.8. The zero-order valence-electron chi connectivity index (χ0n) is 10.9. The molecule has 0 atom stereocenters. The molecule has 0 radical (unpaired) electrons. The van der Waals surface area contributed by atoms with Gasteiger partial charge in [0.15, 0.2) is 0 Å². The quantitative estimate of drug-likeness (QED) is 0.836. The summed E-state index contributed by atoms with van der Waals surface area (Å²) in [4.78, 5) is 13.7. The van der Waals surface area contributed by atoms with Crippen LogP contribution in [0.15, 0.2) is 18.2 Å². The third kappa shape index (κ3) is 3.89. The molecule has 0 spiro atoms. The molecule has 0 fully saturated rings. The molecule has 1 amide bonds. The first-order chi connectivity index (χ1) is 8.43. The number of benzene rings is 1. The van der Waals surface area contributed by atoms with Crippen LogP contribution in [0.3, 0.4) is 0 Å². The van der Waals surface area contributed by atoms with Gasteiger partial charge in [0.05, 0.1) is 23.3 Å². The molecule has 1 rings (SSSR count). The SMILES string of the molecule is CC(C)OCCN(C)C(=O)c1c(N)cccc1Cl. The summed E-state index contributed by atoms with van der Waals surface area (Å²) in [6.45, 7) is 4.90. The summed E-state index contributed by atoms with van der Waals surface area (Å²) in [5.74, 6) is -0.189. The summed E-state index contributed by atoms with van der Waals surface area (Å²) in [6.07, 6.45) is 0.152. The summed E-state index contributed by atoms with van der Waals surface area (Å²) < 4.78 is 5.40. The van der Waals surface area contributed by atoms with Crippen LogP contribution in [-0.4, -0.2) is 37.1 Å². The number of nitrogens with zero attached hydrogens (tertiary/aromatic N) is 1. The Morgan fingerprint density at radius 2 is 2.17 bits per heavy atom. The van der Waals surface area contributed by atoms with Crippen molar-refractivity contribution >= 4 is 23.2 Å². The third-order valence-electron chi connectivity index (χ3n) is 2.48. The van der Waals surface area contributed by atoms with Crippen LogP contribution in [0.1, 0.15) is 24.2 Å². The molecule has 18 heavy (non-hydrogen) atoms. The van der Waals surface area contributed by atoms with Gasteiger partial charge >= 0.3 is 0 Å². The van der Waals surface area contributed by atoms with Crippen molar-refractivity contribution in [2.24, 2.45) is 0 Å². The van der Waals surface area contributed by atoms with Crippen LogP contribution in [-0.2, 0) is 4.74 Å². The fourth-order valence-electron chi connectivity index (χ4n) is 1.48. The highest BCUT2D eigenvalue weighted by atomic mass is 35.5. The largest absolute Gasteiger partial charge is 0.398 e. The topological polar surface area (TPSA) is 55.6 Å². The minimum Gasteiger partial charge on any atom is -0.398 e. The summed E-state index contributed by atoms with van der Waals surface area (Å²) in [7, 11) is 1.70. The second kappa shape index (κ2) is 6.61. The van der Waals surface area contributed by atoms with Crippen molar-refractivity contribution in [3.8, 4) is 0 Å². The average molecular weight is 271 g/mol. The monoisotopic (exact) mass is 270 g/mol. The minimum absolute atomic E-state index is 0.152. The number of nitrogens with two attached hydrogens (primary N) is 1. The summed E-state index contributed by atoms with van der Waals surface area (Å²) in [5.41, 5.74) is 6.52. The Labute approximate surface area is 113 Å². The van der Waals surface area contributed by atoms with Gasteiger partial charge in [-0.2, -0.15) is 0 Å². The van der Waals surface area contributed by atoms with Crippen molar-refractivity contribution in [3.63, 3.8) is 0 Å². The van der Waals surface area contributed by atoms with Gasteiger partial charge in [-0.1, -0.05) is 17.7 Å². The molecule has 2 N–H and O–H groups in total. The van der Waals surface area contributed by atoms with Gasteiger partial charge in [-0.25, -0.2) is 0 Å². The molecule has 0 aromatic heterocycles. The molecule has 1 aromatic carbocycles. The van der Waals surface area contributed by atoms with E-state index in [1.165, 1.54) is 0 Å². The number of likely N-dealkylation sites (N-methyl/N-ethyl adjacent to an activating group) is 1. The van der Waals surface area contributed by atoms with Crippen LogP contribution in [0.25, 0.3) is 0 Å². The van der Waals surface area contributed by atoms with Crippen LogP contribution >= 0.6 is 11.6 Å². The lowest BCUT2D eigenvalue weighted by atomic mass is 10.1. The van der Waals surface area contributed by atoms with Crippen molar-refractivity contribution in [1.29, 1.82) is 0 Å². The van der Waals surface area contributed by atoms with Crippen LogP contribution in [0.2, 0.25) is 5.02 Å². The molecule has 0 saturated heterocycles. The number of carbonyl (C=O) groups excluding carboxylic acids is 1. The Kier molecular flexibility index (Phi) is 5.44. The zero-order valence-corrected chi connectivity index (χ0v) is 11.7. The van der Waals surface area contributed by atoms with E-state index in [0.717, 1.165) is 0 Å². The van der Waals surface area contributed by atoms with E-state index < -0.39 is 0 Å². The molecule has 100 valence electrons. The van der Waals surface area contributed by atoms with Gasteiger partial charge in [0, 0.05) is 19.3 Å². The van der Waals surface area contributed by atoms with Crippen molar-refractivity contribution in [3.05, 3.63) is 28.8 Å². The number of rotatable bonds is 5. The number of carbonyl (C=O) groups is 1. The first-order valence-corrected chi connectivity index (χ1v) is 6.22. The highest BCUT2D eigenvalue weighted by Crippen LogP contribution is 2.23. The number of halogens is 1. The van der Waals surface area contributed by atoms with E-state index in [1.54, 1.807) is 30.1 Å². The maximum absolute atomic E-state index is 12.2. The van der Waals surface area contributed by atoms with Crippen molar-refractivity contribution in [1.82, 2.24) is 4.90 Å². The van der Waals surface area contributed by atoms with E-state index in [9.17, 15) is 4.79 Å². The molecular weight excluding hydrogens is 252 g/mol. The first-order valence-electron chi connectivity index (χ1n) is 5.84. The molecule has 5 heteroatoms. The van der Waals surface area contributed by atoms with Crippen LogP contribution in [0.5, 0.6) is 0 Å². The second-order valence-corrected chi connectivity index (χ2v) is 4.76. The number of ether oxygens (including phenoxy) is 1. The Balaban J connectivity index is 2.69. The zero-order chi connectivity index (χ0) is 13.7. The van der Waals surface area contributed by atoms with E-state index in [2.05, 4.69) is 0 Å². The maximum Gasteiger partial charge on any atom is 0.257 e. The minimum atomic E-state index is -0.189. The van der Waals surface area contributed by atoms with Gasteiger partial charge in [-0.3, -0.25) is 4.79 Å². The highest BCUT2D eigenvalue weighted by Gasteiger charge is 2.17. The van der Waals surface area contributed by atoms with Crippen LogP contribution < -0.4 is 5.73 Å². The van der Waals surface area contributed by atoms with Crippen molar-refractivity contribution in [2.45, 2.75) is 20.0 Å². The van der Waals surface area contributed by atoms with Gasteiger partial charge in [-0.15, -0.1) is 0 Å². The van der Waals surface area contributed by atoms with E-state index in [1.807, 2.05) is 13.8 Å². The Bertz CT molecular complexity index is 401. The Morgan fingerprint density at radius 1 is 1.50 bits per heavy atom. The van der Waals surface area contributed by atoms with Crippen molar-refractivity contribution in [2.75, 3.05) is 25.9 Å². The summed E-state index contributed by atoms with van der Waals surface area (Å²) in [6, 6.07) is 5.04. The molecule has 4 nitrogen and oxygen atoms in total. The molecular formula is C13H19ClN2O2. The molecule has 1 aromatic rings. The lowest BCUT2D eigenvalue weighted by molar-refractivity contribution is 0.0532. The highest BCUT2D eigenvalue weighted by molar-refractivity contribution is 6.34. The predicted molar refractivity (Wildman–Crippen MR) is 73.9 cm³/mol. The smallest absolute Gasteiger partial charge is 0.257 e. The van der Waals surface area contributed by atoms with Gasteiger partial charge in [0.1, 0.15) is 0 Å². The summed E-state index contributed by atoms with van der Waals surface area (Å²) in [5, 5.41) is 0.372. The maximum atomic E-state index is 12.2. The molecule has 0 unspecified atom stereocenters. The lowest BCUT2D eigenvalue weighted by Crippen LogP contribution is -2.31. The second-order valence-electron chi connectivity index (χ2n) is 4.35. The van der Waals surface area contributed by atoms with Gasteiger partial charge in [0.2, 0.25) is 0 Å².